The third-order valence-corrected chi connectivity index (χ3v) is 4.41. The number of furan rings is 1. The summed E-state index contributed by atoms with van der Waals surface area (Å²) in [6, 6.07) is 7.77. The van der Waals surface area contributed by atoms with E-state index >= 15 is 0 Å². The zero-order chi connectivity index (χ0) is 18.0. The number of urea groups is 1. The first-order valence-electron chi connectivity index (χ1n) is 7.24. The maximum absolute atomic E-state index is 12.6. The fourth-order valence-electron chi connectivity index (χ4n) is 2.34. The highest BCUT2D eigenvalue weighted by Gasteiger charge is 2.36. The first-order valence-corrected chi connectivity index (χ1v) is 8.32. The van der Waals surface area contributed by atoms with E-state index in [1.165, 1.54) is 12.3 Å². The normalized spacial score (nSPS) is 16.3. The van der Waals surface area contributed by atoms with Gasteiger partial charge in [0.1, 0.15) is 17.1 Å². The van der Waals surface area contributed by atoms with Crippen molar-refractivity contribution in [3.8, 4) is 5.75 Å². The molecular formula is C17H13IN2O5. The molecule has 1 saturated heterocycles. The van der Waals surface area contributed by atoms with E-state index in [0.717, 1.165) is 8.47 Å². The number of barbiturate groups is 1. The lowest BCUT2D eigenvalue weighted by Crippen LogP contribution is -2.53. The van der Waals surface area contributed by atoms with E-state index < -0.39 is 17.8 Å². The van der Waals surface area contributed by atoms with Gasteiger partial charge >= 0.3 is 6.03 Å². The molecule has 0 bridgehead atoms. The van der Waals surface area contributed by atoms with Crippen molar-refractivity contribution in [2.45, 2.75) is 6.54 Å². The second-order valence-corrected chi connectivity index (χ2v) is 6.34. The van der Waals surface area contributed by atoms with Crippen molar-refractivity contribution in [3.05, 3.63) is 57.1 Å². The number of hydrogen-bond donors (Lipinski definition) is 1. The van der Waals surface area contributed by atoms with E-state index in [1.54, 1.807) is 37.4 Å². The van der Waals surface area contributed by atoms with Gasteiger partial charge in [-0.25, -0.2) is 4.79 Å². The lowest BCUT2D eigenvalue weighted by atomic mass is 10.1. The van der Waals surface area contributed by atoms with Gasteiger partial charge in [0, 0.05) is 0 Å². The first-order chi connectivity index (χ1) is 12.0. The van der Waals surface area contributed by atoms with Crippen molar-refractivity contribution in [2.24, 2.45) is 0 Å². The molecule has 0 aliphatic carbocycles. The quantitative estimate of drug-likeness (QED) is 0.438. The Morgan fingerprint density at radius 1 is 1.28 bits per heavy atom. The van der Waals surface area contributed by atoms with Crippen LogP contribution in [0.25, 0.3) is 6.08 Å². The van der Waals surface area contributed by atoms with Crippen molar-refractivity contribution >= 4 is 46.5 Å². The Balaban J connectivity index is 1.91. The molecular weight excluding hydrogens is 439 g/mol. The second-order valence-electron chi connectivity index (χ2n) is 5.18. The van der Waals surface area contributed by atoms with Crippen molar-refractivity contribution in [1.82, 2.24) is 10.2 Å². The number of benzene rings is 1. The Labute approximate surface area is 156 Å². The van der Waals surface area contributed by atoms with Gasteiger partial charge in [0.05, 0.1) is 23.5 Å². The molecule has 0 atom stereocenters. The van der Waals surface area contributed by atoms with E-state index in [2.05, 4.69) is 27.9 Å². The maximum Gasteiger partial charge on any atom is 0.331 e. The van der Waals surface area contributed by atoms with Crippen molar-refractivity contribution < 1.29 is 23.5 Å². The molecule has 3 rings (SSSR count). The standard InChI is InChI=1S/C17H13IN2O5/c1-24-14-5-4-10(8-13(14)18)7-12-15(21)19-17(23)20(16(12)22)9-11-3-2-6-25-11/h2-8H,9H2,1H3,(H,19,21,23). The molecule has 7 nitrogen and oxygen atoms in total. The van der Waals surface area contributed by atoms with Gasteiger partial charge in [0.25, 0.3) is 11.8 Å². The molecule has 1 aliphatic heterocycles. The number of amides is 4. The van der Waals surface area contributed by atoms with E-state index in [-0.39, 0.29) is 12.1 Å². The van der Waals surface area contributed by atoms with Crippen LogP contribution in [0, 0.1) is 3.57 Å². The molecule has 4 amide bonds. The first kappa shape index (κ1) is 17.2. The van der Waals surface area contributed by atoms with E-state index in [1.807, 2.05) is 0 Å². The second kappa shape index (κ2) is 7.09. The minimum atomic E-state index is -0.770. The highest BCUT2D eigenvalue weighted by molar-refractivity contribution is 14.1. The molecule has 0 unspecified atom stereocenters. The molecule has 0 spiro atoms. The monoisotopic (exact) mass is 452 g/mol. The highest BCUT2D eigenvalue weighted by Crippen LogP contribution is 2.24. The summed E-state index contributed by atoms with van der Waals surface area (Å²) in [6.07, 6.45) is 2.89. The minimum Gasteiger partial charge on any atom is -0.496 e. The Kier molecular flexibility index (Phi) is 4.88. The van der Waals surface area contributed by atoms with Crippen molar-refractivity contribution in [3.63, 3.8) is 0 Å². The molecule has 1 aromatic heterocycles. The summed E-state index contributed by atoms with van der Waals surface area (Å²) in [4.78, 5) is 37.6. The van der Waals surface area contributed by atoms with Gasteiger partial charge in [-0.15, -0.1) is 0 Å². The smallest absolute Gasteiger partial charge is 0.331 e. The van der Waals surface area contributed by atoms with Crippen LogP contribution in [-0.4, -0.2) is 29.9 Å². The maximum atomic E-state index is 12.6. The fraction of sp³-hybridized carbons (Fsp3) is 0.118. The molecule has 2 aromatic rings. The summed E-state index contributed by atoms with van der Waals surface area (Å²) in [7, 11) is 1.56. The third-order valence-electron chi connectivity index (χ3n) is 3.57. The zero-order valence-electron chi connectivity index (χ0n) is 13.1. The molecule has 1 aromatic carbocycles. The van der Waals surface area contributed by atoms with Crippen LogP contribution in [0.15, 0.2) is 46.6 Å². The number of hydrogen-bond acceptors (Lipinski definition) is 5. The van der Waals surface area contributed by atoms with Crippen LogP contribution >= 0.6 is 22.6 Å². The summed E-state index contributed by atoms with van der Waals surface area (Å²) in [5.74, 6) is -0.263. The molecule has 0 saturated carbocycles. The highest BCUT2D eigenvalue weighted by atomic mass is 127. The van der Waals surface area contributed by atoms with Crippen LogP contribution in [0.3, 0.4) is 0 Å². The van der Waals surface area contributed by atoms with Gasteiger partial charge in [-0.3, -0.25) is 19.8 Å². The average Bonchev–Trinajstić information content (AvgIpc) is 3.09. The largest absolute Gasteiger partial charge is 0.496 e. The summed E-state index contributed by atoms with van der Waals surface area (Å²) >= 11 is 2.10. The topological polar surface area (TPSA) is 88.8 Å². The molecule has 1 N–H and O–H groups in total. The van der Waals surface area contributed by atoms with Crippen LogP contribution in [0.5, 0.6) is 5.75 Å². The van der Waals surface area contributed by atoms with Crippen molar-refractivity contribution in [1.29, 1.82) is 0 Å². The SMILES string of the molecule is COc1ccc(C=C2C(=O)NC(=O)N(Cc3ccco3)C2=O)cc1I. The predicted octanol–water partition coefficient (Wildman–Crippen LogP) is 2.55. The number of nitrogens with zero attached hydrogens (tertiary/aromatic N) is 1. The number of methoxy groups -OCH3 is 1. The predicted molar refractivity (Wildman–Crippen MR) is 96.5 cm³/mol. The summed E-state index contributed by atoms with van der Waals surface area (Å²) in [5.41, 5.74) is 0.531. The number of carbonyl (C=O) groups is 3. The number of imide groups is 2. The van der Waals surface area contributed by atoms with Crippen LogP contribution in [0.1, 0.15) is 11.3 Å². The average molecular weight is 452 g/mol. The number of rotatable bonds is 4. The molecule has 25 heavy (non-hydrogen) atoms. The Hall–Kier alpha value is -2.62. The van der Waals surface area contributed by atoms with Gasteiger partial charge < -0.3 is 9.15 Å². The van der Waals surface area contributed by atoms with Gasteiger partial charge in [-0.2, -0.15) is 0 Å². The van der Waals surface area contributed by atoms with Gasteiger partial charge in [-0.05, 0) is 58.5 Å². The Bertz CT molecular complexity index is 873. The van der Waals surface area contributed by atoms with Crippen molar-refractivity contribution in [2.75, 3.05) is 7.11 Å². The van der Waals surface area contributed by atoms with Gasteiger partial charge in [0.2, 0.25) is 0 Å². The van der Waals surface area contributed by atoms with Crippen LogP contribution < -0.4 is 10.1 Å². The fourth-order valence-corrected chi connectivity index (χ4v) is 3.09. The number of nitrogens with one attached hydrogen (secondary N) is 1. The van der Waals surface area contributed by atoms with E-state index in [4.69, 9.17) is 9.15 Å². The summed E-state index contributed by atoms with van der Waals surface area (Å²) in [6.45, 7) is -0.0531. The lowest BCUT2D eigenvalue weighted by Gasteiger charge is -2.25. The van der Waals surface area contributed by atoms with E-state index in [9.17, 15) is 14.4 Å². The van der Waals surface area contributed by atoms with Gasteiger partial charge in [0.15, 0.2) is 0 Å². The third kappa shape index (κ3) is 3.58. The molecule has 128 valence electrons. The minimum absolute atomic E-state index is 0.0531. The van der Waals surface area contributed by atoms with E-state index in [0.29, 0.717) is 17.1 Å². The number of halogens is 1. The zero-order valence-corrected chi connectivity index (χ0v) is 15.3. The Morgan fingerprint density at radius 3 is 2.72 bits per heavy atom. The van der Waals surface area contributed by atoms with Crippen LogP contribution in [0.2, 0.25) is 0 Å². The molecule has 1 fully saturated rings. The molecule has 2 heterocycles. The molecule has 0 radical (unpaired) electrons. The number of carbonyl (C=O) groups excluding carboxylic acids is 3. The van der Waals surface area contributed by atoms with Crippen LogP contribution in [-0.2, 0) is 16.1 Å². The Morgan fingerprint density at radius 2 is 2.08 bits per heavy atom. The van der Waals surface area contributed by atoms with Crippen LogP contribution in [0.4, 0.5) is 4.79 Å². The molecule has 8 heteroatoms. The number of ether oxygens (including phenoxy) is 1. The molecule has 1 aliphatic rings. The summed E-state index contributed by atoms with van der Waals surface area (Å²) < 4.78 is 11.2. The van der Waals surface area contributed by atoms with Gasteiger partial charge in [-0.1, -0.05) is 6.07 Å². The summed E-state index contributed by atoms with van der Waals surface area (Å²) in [5, 5.41) is 2.17. The lowest BCUT2D eigenvalue weighted by molar-refractivity contribution is -0.130.